The Morgan fingerprint density at radius 2 is 2.10 bits per heavy atom. The van der Waals surface area contributed by atoms with Crippen LogP contribution in [-0.2, 0) is 6.42 Å². The molecule has 0 saturated carbocycles. The molecule has 5 heteroatoms. The van der Waals surface area contributed by atoms with Gasteiger partial charge < -0.3 is 4.74 Å². The molecular weight excluding hydrogens is 252 g/mol. The number of benzene rings is 1. The SMILES string of the molecule is N#Cc1ccc2nnc(C3Cc4ccccc4O3)n2c1. The molecule has 5 nitrogen and oxygen atoms in total. The van der Waals surface area contributed by atoms with Crippen LogP contribution in [0.5, 0.6) is 5.75 Å². The normalized spacial score (nSPS) is 16.6. The fourth-order valence-corrected chi connectivity index (χ4v) is 2.52. The van der Waals surface area contributed by atoms with E-state index in [1.54, 1.807) is 18.3 Å². The Kier molecular flexibility index (Phi) is 2.24. The number of para-hydroxylation sites is 1. The molecule has 0 radical (unpaired) electrons. The standard InChI is InChI=1S/C15H10N4O/c16-8-10-5-6-14-17-18-15(19(14)9-10)13-7-11-3-1-2-4-12(11)20-13/h1-6,9,13H,7H2. The van der Waals surface area contributed by atoms with Crippen molar-refractivity contribution in [1.29, 1.82) is 5.26 Å². The van der Waals surface area contributed by atoms with Gasteiger partial charge >= 0.3 is 0 Å². The second-order valence-electron chi connectivity index (χ2n) is 4.73. The van der Waals surface area contributed by atoms with Crippen molar-refractivity contribution in [2.75, 3.05) is 0 Å². The summed E-state index contributed by atoms with van der Waals surface area (Å²) in [6, 6.07) is 13.6. The summed E-state index contributed by atoms with van der Waals surface area (Å²) in [5.41, 5.74) is 2.47. The van der Waals surface area contributed by atoms with Gasteiger partial charge in [-0.25, -0.2) is 0 Å². The highest BCUT2D eigenvalue weighted by atomic mass is 16.5. The van der Waals surface area contributed by atoms with Crippen LogP contribution in [0.2, 0.25) is 0 Å². The van der Waals surface area contributed by atoms with Crippen LogP contribution in [0, 0.1) is 11.3 Å². The molecule has 96 valence electrons. The van der Waals surface area contributed by atoms with Crippen molar-refractivity contribution in [2.24, 2.45) is 0 Å². The highest BCUT2D eigenvalue weighted by Crippen LogP contribution is 2.35. The van der Waals surface area contributed by atoms with E-state index in [2.05, 4.69) is 22.3 Å². The second-order valence-corrected chi connectivity index (χ2v) is 4.73. The lowest BCUT2D eigenvalue weighted by atomic mass is 10.1. The monoisotopic (exact) mass is 262 g/mol. The van der Waals surface area contributed by atoms with Gasteiger partial charge in [-0.15, -0.1) is 10.2 Å². The lowest BCUT2D eigenvalue weighted by molar-refractivity contribution is 0.226. The molecule has 0 fully saturated rings. The maximum absolute atomic E-state index is 9.00. The van der Waals surface area contributed by atoms with Crippen LogP contribution in [0.4, 0.5) is 0 Å². The van der Waals surface area contributed by atoms with Crippen LogP contribution in [0.15, 0.2) is 42.6 Å². The van der Waals surface area contributed by atoms with E-state index in [-0.39, 0.29) is 6.10 Å². The third kappa shape index (κ3) is 1.55. The minimum Gasteiger partial charge on any atom is -0.482 e. The number of fused-ring (bicyclic) bond motifs is 2. The van der Waals surface area contributed by atoms with Crippen LogP contribution in [0.25, 0.3) is 5.65 Å². The average molecular weight is 262 g/mol. The smallest absolute Gasteiger partial charge is 0.179 e. The van der Waals surface area contributed by atoms with Gasteiger partial charge in [-0.3, -0.25) is 4.40 Å². The molecule has 0 spiro atoms. The maximum atomic E-state index is 9.00. The quantitative estimate of drug-likeness (QED) is 0.675. The molecule has 2 aromatic heterocycles. The average Bonchev–Trinajstić information content (AvgIpc) is 3.09. The van der Waals surface area contributed by atoms with E-state index >= 15 is 0 Å². The Hall–Kier alpha value is -2.87. The lowest BCUT2D eigenvalue weighted by Crippen LogP contribution is -2.08. The Labute approximate surface area is 115 Å². The fourth-order valence-electron chi connectivity index (χ4n) is 2.52. The summed E-state index contributed by atoms with van der Waals surface area (Å²) in [6.07, 6.45) is 2.36. The lowest BCUT2D eigenvalue weighted by Gasteiger charge is -2.08. The van der Waals surface area contributed by atoms with E-state index in [9.17, 15) is 0 Å². The van der Waals surface area contributed by atoms with E-state index in [4.69, 9.17) is 10.00 Å². The predicted molar refractivity (Wildman–Crippen MR) is 71.2 cm³/mol. The van der Waals surface area contributed by atoms with E-state index in [1.807, 2.05) is 22.6 Å². The van der Waals surface area contributed by atoms with Gasteiger partial charge in [0.2, 0.25) is 0 Å². The number of aromatic nitrogens is 3. The molecule has 0 saturated heterocycles. The minimum absolute atomic E-state index is 0.156. The fraction of sp³-hybridized carbons (Fsp3) is 0.133. The summed E-state index contributed by atoms with van der Waals surface area (Å²) in [7, 11) is 0. The number of nitriles is 1. The molecule has 0 bridgehead atoms. The third-order valence-corrected chi connectivity index (χ3v) is 3.49. The van der Waals surface area contributed by atoms with Gasteiger partial charge in [0, 0.05) is 12.6 Å². The van der Waals surface area contributed by atoms with Crippen molar-refractivity contribution in [3.63, 3.8) is 0 Å². The number of rotatable bonds is 1. The van der Waals surface area contributed by atoms with Gasteiger partial charge in [-0.1, -0.05) is 18.2 Å². The van der Waals surface area contributed by atoms with Crippen LogP contribution in [0.3, 0.4) is 0 Å². The first-order valence-corrected chi connectivity index (χ1v) is 6.34. The van der Waals surface area contributed by atoms with Gasteiger partial charge in [0.25, 0.3) is 0 Å². The zero-order chi connectivity index (χ0) is 13.5. The third-order valence-electron chi connectivity index (χ3n) is 3.49. The molecule has 1 aliphatic heterocycles. The number of ether oxygens (including phenoxy) is 1. The molecule has 1 aliphatic rings. The predicted octanol–water partition coefficient (Wildman–Crippen LogP) is 2.28. The topological polar surface area (TPSA) is 63.2 Å². The summed E-state index contributed by atoms with van der Waals surface area (Å²) < 4.78 is 7.76. The molecule has 1 atom stereocenters. The van der Waals surface area contributed by atoms with Gasteiger partial charge in [0.1, 0.15) is 11.8 Å². The van der Waals surface area contributed by atoms with Crippen molar-refractivity contribution in [1.82, 2.24) is 14.6 Å². The van der Waals surface area contributed by atoms with Gasteiger partial charge in [0.05, 0.1) is 5.56 Å². The van der Waals surface area contributed by atoms with E-state index < -0.39 is 0 Å². The minimum atomic E-state index is -0.156. The van der Waals surface area contributed by atoms with Crippen LogP contribution >= 0.6 is 0 Å². The molecule has 3 aromatic rings. The molecule has 0 amide bonds. The first kappa shape index (κ1) is 11.0. The largest absolute Gasteiger partial charge is 0.482 e. The zero-order valence-corrected chi connectivity index (χ0v) is 10.5. The Balaban J connectivity index is 1.79. The highest BCUT2D eigenvalue weighted by Gasteiger charge is 2.28. The van der Waals surface area contributed by atoms with E-state index in [0.717, 1.165) is 23.6 Å². The van der Waals surface area contributed by atoms with Crippen molar-refractivity contribution >= 4 is 5.65 Å². The van der Waals surface area contributed by atoms with Crippen molar-refractivity contribution in [3.8, 4) is 11.8 Å². The van der Waals surface area contributed by atoms with Crippen LogP contribution in [-0.4, -0.2) is 14.6 Å². The summed E-state index contributed by atoms with van der Waals surface area (Å²) in [5, 5.41) is 17.3. The number of hydrogen-bond acceptors (Lipinski definition) is 4. The highest BCUT2D eigenvalue weighted by molar-refractivity contribution is 5.44. The van der Waals surface area contributed by atoms with Crippen molar-refractivity contribution < 1.29 is 4.74 Å². The molecular formula is C15H10N4O. The summed E-state index contributed by atoms with van der Waals surface area (Å²) in [4.78, 5) is 0. The summed E-state index contributed by atoms with van der Waals surface area (Å²) in [5.74, 6) is 1.62. The van der Waals surface area contributed by atoms with Gasteiger partial charge in [-0.2, -0.15) is 5.26 Å². The number of pyridine rings is 1. The molecule has 1 aromatic carbocycles. The van der Waals surface area contributed by atoms with E-state index in [0.29, 0.717) is 5.56 Å². The maximum Gasteiger partial charge on any atom is 0.179 e. The van der Waals surface area contributed by atoms with E-state index in [1.165, 1.54) is 5.56 Å². The molecule has 1 unspecified atom stereocenters. The number of hydrogen-bond donors (Lipinski definition) is 0. The first-order valence-electron chi connectivity index (χ1n) is 6.34. The second kappa shape index (κ2) is 4.07. The molecule has 0 N–H and O–H groups in total. The Bertz CT molecular complexity index is 821. The summed E-state index contributed by atoms with van der Waals surface area (Å²) >= 11 is 0. The Morgan fingerprint density at radius 1 is 1.20 bits per heavy atom. The van der Waals surface area contributed by atoms with Crippen molar-refractivity contribution in [3.05, 3.63) is 59.5 Å². The zero-order valence-electron chi connectivity index (χ0n) is 10.5. The molecule has 3 heterocycles. The van der Waals surface area contributed by atoms with Gasteiger partial charge in [-0.05, 0) is 23.8 Å². The molecule has 0 aliphatic carbocycles. The van der Waals surface area contributed by atoms with Crippen molar-refractivity contribution in [2.45, 2.75) is 12.5 Å². The molecule has 4 rings (SSSR count). The summed E-state index contributed by atoms with van der Waals surface area (Å²) in [6.45, 7) is 0. The molecule has 20 heavy (non-hydrogen) atoms. The van der Waals surface area contributed by atoms with Gasteiger partial charge in [0.15, 0.2) is 17.6 Å². The van der Waals surface area contributed by atoms with Crippen LogP contribution in [0.1, 0.15) is 23.1 Å². The van der Waals surface area contributed by atoms with Crippen LogP contribution < -0.4 is 4.74 Å². The number of nitrogens with zero attached hydrogens (tertiary/aromatic N) is 4. The Morgan fingerprint density at radius 3 is 2.95 bits per heavy atom. The first-order chi connectivity index (χ1) is 9.85.